The SMILES string of the molecule is Cc1nc2c(c(N3CC[NH+](C)CC3)n1)CN(C(=O)c1ccc(C(F)(F)F)cc1)CC2. The van der Waals surface area contributed by atoms with Crippen molar-refractivity contribution in [1.82, 2.24) is 14.9 Å². The Bertz CT molecular complexity index is 937. The summed E-state index contributed by atoms with van der Waals surface area (Å²) < 4.78 is 38.4. The van der Waals surface area contributed by atoms with Gasteiger partial charge in [0.1, 0.15) is 11.6 Å². The van der Waals surface area contributed by atoms with E-state index in [1.165, 1.54) is 17.0 Å². The number of halogens is 3. The molecular formula is C21H25F3N5O+. The number of anilines is 1. The second-order valence-corrected chi connectivity index (χ2v) is 8.02. The zero-order valence-electron chi connectivity index (χ0n) is 17.1. The minimum absolute atomic E-state index is 0.254. The van der Waals surface area contributed by atoms with Gasteiger partial charge in [0.05, 0.1) is 51.0 Å². The van der Waals surface area contributed by atoms with Crippen LogP contribution < -0.4 is 9.80 Å². The van der Waals surface area contributed by atoms with Crippen LogP contribution in [0.2, 0.25) is 0 Å². The monoisotopic (exact) mass is 420 g/mol. The number of alkyl halides is 3. The summed E-state index contributed by atoms with van der Waals surface area (Å²) in [6.45, 7) is 6.55. The summed E-state index contributed by atoms with van der Waals surface area (Å²) in [6.07, 6.45) is -3.81. The molecule has 0 radical (unpaired) electrons. The molecule has 1 aromatic carbocycles. The van der Waals surface area contributed by atoms with Crippen molar-refractivity contribution in [2.75, 3.05) is 44.7 Å². The first kappa shape index (κ1) is 20.6. The van der Waals surface area contributed by atoms with Crippen LogP contribution in [0.25, 0.3) is 0 Å². The molecule has 0 unspecified atom stereocenters. The number of quaternary nitrogens is 1. The number of carbonyl (C=O) groups excluding carboxylic acids is 1. The van der Waals surface area contributed by atoms with E-state index in [2.05, 4.69) is 21.9 Å². The summed E-state index contributed by atoms with van der Waals surface area (Å²) in [6, 6.07) is 4.40. The molecule has 0 spiro atoms. The third kappa shape index (κ3) is 4.12. The topological polar surface area (TPSA) is 53.8 Å². The zero-order valence-corrected chi connectivity index (χ0v) is 17.1. The summed E-state index contributed by atoms with van der Waals surface area (Å²) in [7, 11) is 2.17. The van der Waals surface area contributed by atoms with Gasteiger partial charge < -0.3 is 14.7 Å². The summed E-state index contributed by atoms with van der Waals surface area (Å²) in [5.74, 6) is 1.33. The summed E-state index contributed by atoms with van der Waals surface area (Å²) in [4.78, 5) is 27.6. The van der Waals surface area contributed by atoms with Crippen LogP contribution in [-0.2, 0) is 19.1 Å². The average molecular weight is 420 g/mol. The van der Waals surface area contributed by atoms with Crippen molar-refractivity contribution < 1.29 is 22.9 Å². The Hall–Kier alpha value is -2.68. The molecule has 0 saturated carbocycles. The number of aryl methyl sites for hydroxylation is 1. The number of aromatic nitrogens is 2. The Balaban J connectivity index is 1.57. The van der Waals surface area contributed by atoms with Gasteiger partial charge in [0.15, 0.2) is 0 Å². The largest absolute Gasteiger partial charge is 0.416 e. The van der Waals surface area contributed by atoms with Crippen LogP contribution in [0.1, 0.15) is 33.0 Å². The van der Waals surface area contributed by atoms with E-state index in [0.717, 1.165) is 61.2 Å². The van der Waals surface area contributed by atoms with Gasteiger partial charge in [-0.25, -0.2) is 9.97 Å². The van der Waals surface area contributed by atoms with Crippen LogP contribution in [0.4, 0.5) is 19.0 Å². The van der Waals surface area contributed by atoms with Gasteiger partial charge in [-0.05, 0) is 31.2 Å². The number of hydrogen-bond acceptors (Lipinski definition) is 4. The second kappa shape index (κ2) is 7.86. The molecule has 30 heavy (non-hydrogen) atoms. The second-order valence-electron chi connectivity index (χ2n) is 8.02. The summed E-state index contributed by atoms with van der Waals surface area (Å²) >= 11 is 0. The number of piperazine rings is 1. The number of nitrogens with one attached hydrogen (secondary N) is 1. The van der Waals surface area contributed by atoms with Gasteiger partial charge in [0, 0.05) is 24.1 Å². The van der Waals surface area contributed by atoms with Gasteiger partial charge in [-0.3, -0.25) is 4.79 Å². The van der Waals surface area contributed by atoms with Crippen molar-refractivity contribution in [3.8, 4) is 0 Å². The standard InChI is InChI=1S/C21H24F3N5O/c1-14-25-18-7-8-29(20(30)15-3-5-16(6-4-15)21(22,23)24)13-17(18)19(26-14)28-11-9-27(2)10-12-28/h3-6H,7-13H2,1-2H3/p+1. The normalized spacial score (nSPS) is 17.8. The van der Waals surface area contributed by atoms with E-state index in [0.29, 0.717) is 19.5 Å². The van der Waals surface area contributed by atoms with E-state index in [4.69, 9.17) is 0 Å². The highest BCUT2D eigenvalue weighted by molar-refractivity contribution is 5.94. The minimum atomic E-state index is -4.42. The molecule has 9 heteroatoms. The Morgan fingerprint density at radius 2 is 1.73 bits per heavy atom. The molecule has 160 valence electrons. The van der Waals surface area contributed by atoms with Crippen molar-refractivity contribution in [2.24, 2.45) is 0 Å². The van der Waals surface area contributed by atoms with Crippen LogP contribution in [0.15, 0.2) is 24.3 Å². The van der Waals surface area contributed by atoms with Gasteiger partial charge >= 0.3 is 6.18 Å². The highest BCUT2D eigenvalue weighted by atomic mass is 19.4. The Labute approximate surface area is 173 Å². The van der Waals surface area contributed by atoms with E-state index in [-0.39, 0.29) is 11.5 Å². The number of carbonyl (C=O) groups is 1. The zero-order chi connectivity index (χ0) is 21.5. The highest BCUT2D eigenvalue weighted by Crippen LogP contribution is 2.30. The highest BCUT2D eigenvalue weighted by Gasteiger charge is 2.32. The van der Waals surface area contributed by atoms with Crippen LogP contribution in [0, 0.1) is 6.92 Å². The summed E-state index contributed by atoms with van der Waals surface area (Å²) in [5, 5.41) is 0. The number of benzene rings is 1. The maximum atomic E-state index is 13.0. The van der Waals surface area contributed by atoms with E-state index >= 15 is 0 Å². The predicted molar refractivity (Wildman–Crippen MR) is 105 cm³/mol. The van der Waals surface area contributed by atoms with Crippen molar-refractivity contribution in [3.63, 3.8) is 0 Å². The molecule has 1 aromatic heterocycles. The smallest absolute Gasteiger partial charge is 0.345 e. The fourth-order valence-electron chi connectivity index (χ4n) is 4.04. The van der Waals surface area contributed by atoms with Crippen LogP contribution >= 0.6 is 0 Å². The fraction of sp³-hybridized carbons (Fsp3) is 0.476. The average Bonchev–Trinajstić information content (AvgIpc) is 2.72. The fourth-order valence-corrected chi connectivity index (χ4v) is 4.04. The molecule has 2 aliphatic heterocycles. The van der Waals surface area contributed by atoms with Crippen molar-refractivity contribution in [1.29, 1.82) is 0 Å². The maximum absolute atomic E-state index is 13.0. The van der Waals surface area contributed by atoms with Gasteiger partial charge in [0.2, 0.25) is 0 Å². The van der Waals surface area contributed by atoms with E-state index in [9.17, 15) is 18.0 Å². The van der Waals surface area contributed by atoms with E-state index < -0.39 is 11.7 Å². The Morgan fingerprint density at radius 3 is 2.37 bits per heavy atom. The number of fused-ring (bicyclic) bond motifs is 1. The first-order chi connectivity index (χ1) is 14.2. The lowest BCUT2D eigenvalue weighted by atomic mass is 10.0. The molecule has 3 heterocycles. The molecule has 1 amide bonds. The van der Waals surface area contributed by atoms with Gasteiger partial charge in [-0.1, -0.05) is 0 Å². The minimum Gasteiger partial charge on any atom is -0.345 e. The number of amides is 1. The number of rotatable bonds is 2. The lowest BCUT2D eigenvalue weighted by molar-refractivity contribution is -0.880. The van der Waals surface area contributed by atoms with Gasteiger partial charge in [-0.2, -0.15) is 13.2 Å². The maximum Gasteiger partial charge on any atom is 0.416 e. The van der Waals surface area contributed by atoms with Crippen LogP contribution in [0.3, 0.4) is 0 Å². The molecule has 1 fully saturated rings. The molecule has 4 rings (SSSR count). The van der Waals surface area contributed by atoms with Crippen molar-refractivity contribution >= 4 is 11.7 Å². The van der Waals surface area contributed by atoms with Crippen molar-refractivity contribution in [3.05, 3.63) is 52.5 Å². The number of nitrogens with zero attached hydrogens (tertiary/aromatic N) is 4. The third-order valence-corrected chi connectivity index (χ3v) is 5.81. The first-order valence-corrected chi connectivity index (χ1v) is 10.1. The first-order valence-electron chi connectivity index (χ1n) is 10.1. The molecule has 0 aliphatic carbocycles. The summed E-state index contributed by atoms with van der Waals surface area (Å²) in [5.41, 5.74) is 1.41. The lowest BCUT2D eigenvalue weighted by Crippen LogP contribution is -3.12. The third-order valence-electron chi connectivity index (χ3n) is 5.81. The number of likely N-dealkylation sites (N-methyl/N-ethyl adjacent to an activating group) is 1. The number of hydrogen-bond donors (Lipinski definition) is 1. The van der Waals surface area contributed by atoms with E-state index in [1.807, 2.05) is 6.92 Å². The Morgan fingerprint density at radius 1 is 1.07 bits per heavy atom. The molecule has 0 atom stereocenters. The lowest BCUT2D eigenvalue weighted by Gasteiger charge is -2.35. The van der Waals surface area contributed by atoms with Crippen molar-refractivity contribution in [2.45, 2.75) is 26.1 Å². The molecule has 2 aliphatic rings. The molecule has 6 nitrogen and oxygen atoms in total. The van der Waals surface area contributed by atoms with Crippen LogP contribution in [-0.4, -0.2) is 60.5 Å². The molecule has 0 bridgehead atoms. The molecule has 1 N–H and O–H groups in total. The van der Waals surface area contributed by atoms with Crippen LogP contribution in [0.5, 0.6) is 0 Å². The predicted octanol–water partition coefficient (Wildman–Crippen LogP) is 1.34. The van der Waals surface area contributed by atoms with Gasteiger partial charge in [0.25, 0.3) is 5.91 Å². The van der Waals surface area contributed by atoms with Gasteiger partial charge in [-0.15, -0.1) is 0 Å². The molecule has 1 saturated heterocycles. The quantitative estimate of drug-likeness (QED) is 0.797. The molecular weight excluding hydrogens is 395 g/mol. The molecule has 2 aromatic rings. The Kier molecular flexibility index (Phi) is 5.40. The van der Waals surface area contributed by atoms with E-state index in [1.54, 1.807) is 4.90 Å².